The van der Waals surface area contributed by atoms with Crippen molar-refractivity contribution in [3.05, 3.63) is 59.9 Å². The molecule has 0 N–H and O–H groups in total. The van der Waals surface area contributed by atoms with Gasteiger partial charge in [0.15, 0.2) is 0 Å². The molecule has 1 aliphatic rings. The quantitative estimate of drug-likeness (QED) is 0.740. The van der Waals surface area contributed by atoms with Crippen LogP contribution >= 0.6 is 0 Å². The summed E-state index contributed by atoms with van der Waals surface area (Å²) in [6, 6.07) is 14.0. The summed E-state index contributed by atoms with van der Waals surface area (Å²) in [6.07, 6.45) is 0. The van der Waals surface area contributed by atoms with Crippen LogP contribution in [0.15, 0.2) is 53.4 Å². The fourth-order valence-electron chi connectivity index (χ4n) is 3.16. The van der Waals surface area contributed by atoms with Crippen LogP contribution in [0, 0.1) is 17.1 Å². The number of anilines is 1. The minimum atomic E-state index is -3.84. The molecular weight excluding hydrogens is 395 g/mol. The van der Waals surface area contributed by atoms with Gasteiger partial charge in [-0.3, -0.25) is 4.79 Å². The lowest BCUT2D eigenvalue weighted by Gasteiger charge is -2.36. The molecule has 1 amide bonds. The molecule has 1 saturated heterocycles. The first-order valence-corrected chi connectivity index (χ1v) is 10.5. The summed E-state index contributed by atoms with van der Waals surface area (Å²) >= 11 is 0. The van der Waals surface area contributed by atoms with Gasteiger partial charge in [0.25, 0.3) is 0 Å². The largest absolute Gasteiger partial charge is 0.366 e. The summed E-state index contributed by atoms with van der Waals surface area (Å²) in [6.45, 7) is 1.43. The molecular formula is C20H21FN4O3S. The third kappa shape index (κ3) is 4.55. The van der Waals surface area contributed by atoms with E-state index in [0.29, 0.717) is 37.4 Å². The molecule has 0 unspecified atom stereocenters. The van der Waals surface area contributed by atoms with Gasteiger partial charge >= 0.3 is 0 Å². The van der Waals surface area contributed by atoms with Crippen molar-refractivity contribution in [1.82, 2.24) is 9.21 Å². The second kappa shape index (κ2) is 8.59. The molecule has 0 radical (unpaired) electrons. The highest BCUT2D eigenvalue weighted by molar-refractivity contribution is 7.89. The molecule has 29 heavy (non-hydrogen) atoms. The Balaban J connectivity index is 1.60. The van der Waals surface area contributed by atoms with Gasteiger partial charge in [0.05, 0.1) is 28.8 Å². The molecule has 3 rings (SSSR count). The number of piperazine rings is 1. The molecule has 0 saturated carbocycles. The van der Waals surface area contributed by atoms with Crippen LogP contribution in [0.1, 0.15) is 5.56 Å². The van der Waals surface area contributed by atoms with Gasteiger partial charge in [0.2, 0.25) is 15.9 Å². The predicted octanol–water partition coefficient (Wildman–Crippen LogP) is 1.67. The number of amides is 1. The van der Waals surface area contributed by atoms with E-state index in [9.17, 15) is 17.6 Å². The zero-order chi connectivity index (χ0) is 21.0. The summed E-state index contributed by atoms with van der Waals surface area (Å²) in [5, 5.41) is 8.83. The molecule has 2 aromatic rings. The molecule has 1 aliphatic heterocycles. The van der Waals surface area contributed by atoms with Crippen molar-refractivity contribution < 1.29 is 17.6 Å². The highest BCUT2D eigenvalue weighted by Crippen LogP contribution is 2.20. The number of rotatable bonds is 5. The minimum Gasteiger partial charge on any atom is -0.366 e. The van der Waals surface area contributed by atoms with Gasteiger partial charge in [-0.05, 0) is 36.4 Å². The first-order valence-electron chi connectivity index (χ1n) is 9.06. The van der Waals surface area contributed by atoms with Crippen LogP contribution < -0.4 is 4.90 Å². The predicted molar refractivity (Wildman–Crippen MR) is 106 cm³/mol. The van der Waals surface area contributed by atoms with E-state index < -0.39 is 10.0 Å². The first-order chi connectivity index (χ1) is 13.8. The number of hydrogen-bond acceptors (Lipinski definition) is 5. The standard InChI is InChI=1S/C20H21FN4O3S/c1-23(29(27,28)17-8-6-16(14-22)7-9-17)15-20(26)25-12-10-24(11-13-25)19-5-3-2-4-18(19)21/h2-9H,10-13,15H2,1H3. The first kappa shape index (κ1) is 20.8. The smallest absolute Gasteiger partial charge is 0.243 e. The number of sulfonamides is 1. The summed E-state index contributed by atoms with van der Waals surface area (Å²) in [5.74, 6) is -0.613. The van der Waals surface area contributed by atoms with E-state index in [4.69, 9.17) is 5.26 Å². The fourth-order valence-corrected chi connectivity index (χ4v) is 4.28. The highest BCUT2D eigenvalue weighted by atomic mass is 32.2. The van der Waals surface area contributed by atoms with Crippen molar-refractivity contribution in [2.45, 2.75) is 4.90 Å². The molecule has 1 heterocycles. The lowest BCUT2D eigenvalue weighted by molar-refractivity contribution is -0.131. The van der Waals surface area contributed by atoms with Crippen molar-refractivity contribution >= 4 is 21.6 Å². The molecule has 0 spiro atoms. The Kier molecular flexibility index (Phi) is 6.15. The zero-order valence-electron chi connectivity index (χ0n) is 16.0. The number of nitrogens with zero attached hydrogens (tertiary/aromatic N) is 4. The van der Waals surface area contributed by atoms with E-state index >= 15 is 0 Å². The summed E-state index contributed by atoms with van der Waals surface area (Å²) in [5.41, 5.74) is 0.857. The van der Waals surface area contributed by atoms with E-state index in [-0.39, 0.29) is 23.2 Å². The van der Waals surface area contributed by atoms with Gasteiger partial charge in [-0.2, -0.15) is 9.57 Å². The fraction of sp³-hybridized carbons (Fsp3) is 0.300. The van der Waals surface area contributed by atoms with Gasteiger partial charge in [-0.1, -0.05) is 12.1 Å². The maximum Gasteiger partial charge on any atom is 0.243 e. The minimum absolute atomic E-state index is 0.0242. The number of nitriles is 1. The number of benzene rings is 2. The van der Waals surface area contributed by atoms with Crippen LogP contribution in [0.5, 0.6) is 0 Å². The van der Waals surface area contributed by atoms with Crippen LogP contribution in [0.2, 0.25) is 0 Å². The van der Waals surface area contributed by atoms with Crippen molar-refractivity contribution in [2.24, 2.45) is 0 Å². The number of carbonyl (C=O) groups excluding carboxylic acids is 1. The molecule has 7 nitrogen and oxygen atoms in total. The van der Waals surface area contributed by atoms with E-state index in [0.717, 1.165) is 4.31 Å². The molecule has 0 bridgehead atoms. The van der Waals surface area contributed by atoms with Crippen LogP contribution in [0.25, 0.3) is 0 Å². The van der Waals surface area contributed by atoms with Crippen molar-refractivity contribution in [3.8, 4) is 6.07 Å². The molecule has 9 heteroatoms. The average Bonchev–Trinajstić information content (AvgIpc) is 2.74. The Morgan fingerprint density at radius 3 is 2.31 bits per heavy atom. The lowest BCUT2D eigenvalue weighted by atomic mass is 10.2. The van der Waals surface area contributed by atoms with Gasteiger partial charge < -0.3 is 9.80 Å². The Hall–Kier alpha value is -2.96. The average molecular weight is 416 g/mol. The van der Waals surface area contributed by atoms with E-state index in [2.05, 4.69) is 0 Å². The summed E-state index contributed by atoms with van der Waals surface area (Å²) in [7, 11) is -2.49. The molecule has 1 fully saturated rings. The highest BCUT2D eigenvalue weighted by Gasteiger charge is 2.27. The molecule has 0 atom stereocenters. The zero-order valence-corrected chi connectivity index (χ0v) is 16.8. The van der Waals surface area contributed by atoms with E-state index in [1.165, 1.54) is 37.4 Å². The van der Waals surface area contributed by atoms with E-state index in [1.807, 2.05) is 11.0 Å². The number of hydrogen-bond donors (Lipinski definition) is 0. The van der Waals surface area contributed by atoms with Gasteiger partial charge in [-0.15, -0.1) is 0 Å². The normalized spacial score (nSPS) is 14.7. The van der Waals surface area contributed by atoms with Crippen LogP contribution in [-0.2, 0) is 14.8 Å². The third-order valence-electron chi connectivity index (χ3n) is 4.88. The third-order valence-corrected chi connectivity index (χ3v) is 6.69. The van der Waals surface area contributed by atoms with Crippen LogP contribution in [0.3, 0.4) is 0 Å². The van der Waals surface area contributed by atoms with Crippen LogP contribution in [-0.4, -0.2) is 63.3 Å². The van der Waals surface area contributed by atoms with Crippen molar-refractivity contribution in [3.63, 3.8) is 0 Å². The number of likely N-dealkylation sites (N-methyl/N-ethyl adjacent to an activating group) is 1. The maximum atomic E-state index is 13.9. The number of para-hydroxylation sites is 1. The van der Waals surface area contributed by atoms with Gasteiger partial charge in [0, 0.05) is 33.2 Å². The lowest BCUT2D eigenvalue weighted by Crippen LogP contribution is -2.51. The maximum absolute atomic E-state index is 13.9. The Morgan fingerprint density at radius 1 is 1.10 bits per heavy atom. The monoisotopic (exact) mass is 416 g/mol. The molecule has 0 aliphatic carbocycles. The van der Waals surface area contributed by atoms with Crippen molar-refractivity contribution in [1.29, 1.82) is 5.26 Å². The Labute approximate surface area is 169 Å². The van der Waals surface area contributed by atoms with Crippen LogP contribution in [0.4, 0.5) is 10.1 Å². The Morgan fingerprint density at radius 2 is 1.72 bits per heavy atom. The van der Waals surface area contributed by atoms with Gasteiger partial charge in [0.1, 0.15) is 5.82 Å². The number of carbonyl (C=O) groups is 1. The Bertz CT molecular complexity index is 1030. The molecule has 152 valence electrons. The molecule has 2 aromatic carbocycles. The summed E-state index contributed by atoms with van der Waals surface area (Å²) < 4.78 is 40.2. The molecule has 0 aromatic heterocycles. The number of halogens is 1. The van der Waals surface area contributed by atoms with Gasteiger partial charge in [-0.25, -0.2) is 12.8 Å². The SMILES string of the molecule is CN(CC(=O)N1CCN(c2ccccc2F)CC1)S(=O)(=O)c1ccc(C#N)cc1. The van der Waals surface area contributed by atoms with E-state index in [1.54, 1.807) is 23.1 Å². The topological polar surface area (TPSA) is 84.7 Å². The van der Waals surface area contributed by atoms with Crippen molar-refractivity contribution in [2.75, 3.05) is 44.7 Å². The second-order valence-corrected chi connectivity index (χ2v) is 8.76. The second-order valence-electron chi connectivity index (χ2n) is 6.72. The summed E-state index contributed by atoms with van der Waals surface area (Å²) in [4.78, 5) is 16.1.